The van der Waals surface area contributed by atoms with Crippen LogP contribution in [0, 0.1) is 0 Å². The van der Waals surface area contributed by atoms with Gasteiger partial charge in [0.2, 0.25) is 0 Å². The van der Waals surface area contributed by atoms with E-state index in [4.69, 9.17) is 5.84 Å². The SMILES string of the molecule is CC(C)n1ccc(NS(=O)(=O)c2ccccc2NN)n1. The third kappa shape index (κ3) is 2.91. The zero-order chi connectivity index (χ0) is 14.8. The molecule has 4 N–H and O–H groups in total. The highest BCUT2D eigenvalue weighted by molar-refractivity contribution is 7.92. The summed E-state index contributed by atoms with van der Waals surface area (Å²) in [7, 11) is -3.74. The van der Waals surface area contributed by atoms with E-state index in [1.165, 1.54) is 6.07 Å². The Morgan fingerprint density at radius 2 is 1.95 bits per heavy atom. The van der Waals surface area contributed by atoms with Gasteiger partial charge in [0.25, 0.3) is 10.0 Å². The largest absolute Gasteiger partial charge is 0.323 e. The smallest absolute Gasteiger partial charge is 0.265 e. The van der Waals surface area contributed by atoms with E-state index in [0.29, 0.717) is 5.69 Å². The number of sulfonamides is 1. The molecule has 1 aromatic heterocycles. The van der Waals surface area contributed by atoms with Gasteiger partial charge in [-0.15, -0.1) is 0 Å². The minimum absolute atomic E-state index is 0.0709. The Bertz CT molecular complexity index is 693. The average molecular weight is 295 g/mol. The molecule has 1 aromatic carbocycles. The molecule has 0 fully saturated rings. The average Bonchev–Trinajstić information content (AvgIpc) is 2.86. The molecule has 0 radical (unpaired) electrons. The number of hydrogen-bond acceptors (Lipinski definition) is 5. The lowest BCUT2D eigenvalue weighted by Crippen LogP contribution is -2.18. The van der Waals surface area contributed by atoms with Crippen molar-refractivity contribution in [2.45, 2.75) is 24.8 Å². The summed E-state index contributed by atoms with van der Waals surface area (Å²) < 4.78 is 28.7. The van der Waals surface area contributed by atoms with Crippen LogP contribution in [-0.4, -0.2) is 18.2 Å². The zero-order valence-electron chi connectivity index (χ0n) is 11.2. The lowest BCUT2D eigenvalue weighted by atomic mass is 10.3. The third-order valence-electron chi connectivity index (χ3n) is 2.71. The molecule has 0 amide bonds. The van der Waals surface area contributed by atoms with Gasteiger partial charge in [-0.3, -0.25) is 15.2 Å². The van der Waals surface area contributed by atoms with Gasteiger partial charge >= 0.3 is 0 Å². The number of aromatic nitrogens is 2. The molecule has 20 heavy (non-hydrogen) atoms. The number of nitrogens with two attached hydrogens (primary N) is 1. The fraction of sp³-hybridized carbons (Fsp3) is 0.250. The van der Waals surface area contributed by atoms with Crippen LogP contribution < -0.4 is 16.0 Å². The molecule has 2 aromatic rings. The molecule has 1 heterocycles. The Balaban J connectivity index is 2.31. The van der Waals surface area contributed by atoms with Crippen LogP contribution in [-0.2, 0) is 10.0 Å². The van der Waals surface area contributed by atoms with E-state index in [9.17, 15) is 8.42 Å². The van der Waals surface area contributed by atoms with Crippen molar-refractivity contribution in [1.82, 2.24) is 9.78 Å². The van der Waals surface area contributed by atoms with Gasteiger partial charge in [0.05, 0.1) is 5.69 Å². The number of hydrazine groups is 1. The van der Waals surface area contributed by atoms with Gasteiger partial charge in [-0.25, -0.2) is 8.42 Å². The Kier molecular flexibility index (Phi) is 3.96. The molecule has 0 aliphatic carbocycles. The molecular weight excluding hydrogens is 278 g/mol. The second kappa shape index (κ2) is 5.51. The molecular formula is C12H17N5O2S. The number of nitrogens with one attached hydrogen (secondary N) is 2. The summed E-state index contributed by atoms with van der Waals surface area (Å²) in [5, 5.41) is 4.15. The van der Waals surface area contributed by atoms with Crippen molar-refractivity contribution in [3.05, 3.63) is 36.5 Å². The monoisotopic (exact) mass is 295 g/mol. The predicted octanol–water partition coefficient (Wildman–Crippen LogP) is 1.55. The van der Waals surface area contributed by atoms with Crippen molar-refractivity contribution >= 4 is 21.5 Å². The standard InChI is InChI=1S/C12H17N5O2S/c1-9(2)17-8-7-12(15-17)16-20(18,19)11-6-4-3-5-10(11)14-13/h3-9,14H,13H2,1-2H3,(H,15,16). The molecule has 0 atom stereocenters. The summed E-state index contributed by atoms with van der Waals surface area (Å²) in [5.74, 6) is 5.59. The van der Waals surface area contributed by atoms with Crippen LogP contribution >= 0.6 is 0 Å². The summed E-state index contributed by atoms with van der Waals surface area (Å²) in [6.07, 6.45) is 1.72. The molecule has 7 nitrogen and oxygen atoms in total. The van der Waals surface area contributed by atoms with Crippen molar-refractivity contribution in [3.8, 4) is 0 Å². The van der Waals surface area contributed by atoms with Crippen LogP contribution in [0.5, 0.6) is 0 Å². The van der Waals surface area contributed by atoms with Crippen LogP contribution in [0.15, 0.2) is 41.4 Å². The molecule has 108 valence electrons. The summed E-state index contributed by atoms with van der Waals surface area (Å²) in [4.78, 5) is 0.0709. The van der Waals surface area contributed by atoms with Crippen molar-refractivity contribution in [1.29, 1.82) is 0 Å². The topological polar surface area (TPSA) is 102 Å². The Hall–Kier alpha value is -2.06. The van der Waals surface area contributed by atoms with Crippen molar-refractivity contribution in [2.75, 3.05) is 10.1 Å². The van der Waals surface area contributed by atoms with E-state index < -0.39 is 10.0 Å². The molecule has 0 saturated carbocycles. The van der Waals surface area contributed by atoms with E-state index in [2.05, 4.69) is 15.2 Å². The Morgan fingerprint density at radius 3 is 2.55 bits per heavy atom. The first kappa shape index (κ1) is 14.4. The maximum atomic E-state index is 12.3. The first-order valence-electron chi connectivity index (χ1n) is 6.07. The van der Waals surface area contributed by atoms with Crippen LogP contribution in [0.3, 0.4) is 0 Å². The van der Waals surface area contributed by atoms with Crippen LogP contribution in [0.4, 0.5) is 11.5 Å². The predicted molar refractivity (Wildman–Crippen MR) is 77.7 cm³/mol. The number of benzene rings is 1. The first-order valence-corrected chi connectivity index (χ1v) is 7.56. The van der Waals surface area contributed by atoms with Gasteiger partial charge < -0.3 is 5.43 Å². The van der Waals surface area contributed by atoms with Gasteiger partial charge in [0, 0.05) is 18.3 Å². The summed E-state index contributed by atoms with van der Waals surface area (Å²) in [6.45, 7) is 3.91. The third-order valence-corrected chi connectivity index (χ3v) is 4.12. The molecule has 0 aliphatic rings. The first-order chi connectivity index (χ1) is 9.44. The fourth-order valence-electron chi connectivity index (χ4n) is 1.69. The Morgan fingerprint density at radius 1 is 1.25 bits per heavy atom. The van der Waals surface area contributed by atoms with E-state index in [-0.39, 0.29) is 16.8 Å². The van der Waals surface area contributed by atoms with Gasteiger partial charge in [-0.1, -0.05) is 12.1 Å². The molecule has 0 unspecified atom stereocenters. The number of nitrogens with zero attached hydrogens (tertiary/aromatic N) is 2. The number of para-hydroxylation sites is 1. The number of anilines is 2. The summed E-state index contributed by atoms with van der Waals surface area (Å²) in [5.41, 5.74) is 2.69. The second-order valence-electron chi connectivity index (χ2n) is 4.52. The molecule has 0 spiro atoms. The Labute approximate surface area is 117 Å². The minimum Gasteiger partial charge on any atom is -0.323 e. The van der Waals surface area contributed by atoms with Crippen LogP contribution in [0.2, 0.25) is 0 Å². The van der Waals surface area contributed by atoms with Gasteiger partial charge in [0.1, 0.15) is 4.90 Å². The fourth-order valence-corrected chi connectivity index (χ4v) is 2.86. The van der Waals surface area contributed by atoms with Crippen molar-refractivity contribution < 1.29 is 8.42 Å². The molecule has 8 heteroatoms. The van der Waals surface area contributed by atoms with Crippen molar-refractivity contribution in [2.24, 2.45) is 5.84 Å². The van der Waals surface area contributed by atoms with Crippen LogP contribution in [0.25, 0.3) is 0 Å². The molecule has 0 bridgehead atoms. The van der Waals surface area contributed by atoms with E-state index in [0.717, 1.165) is 0 Å². The number of rotatable bonds is 5. The van der Waals surface area contributed by atoms with Crippen LogP contribution in [0.1, 0.15) is 19.9 Å². The highest BCUT2D eigenvalue weighted by Crippen LogP contribution is 2.22. The van der Waals surface area contributed by atoms with Gasteiger partial charge in [-0.2, -0.15) is 5.10 Å². The summed E-state index contributed by atoms with van der Waals surface area (Å²) in [6, 6.07) is 8.14. The maximum Gasteiger partial charge on any atom is 0.265 e. The maximum absolute atomic E-state index is 12.3. The van der Waals surface area contributed by atoms with E-state index in [1.54, 1.807) is 35.1 Å². The quantitative estimate of drug-likeness (QED) is 0.574. The van der Waals surface area contributed by atoms with Gasteiger partial charge in [-0.05, 0) is 26.0 Å². The molecule has 0 saturated heterocycles. The van der Waals surface area contributed by atoms with Crippen molar-refractivity contribution in [3.63, 3.8) is 0 Å². The molecule has 2 rings (SSSR count). The lowest BCUT2D eigenvalue weighted by Gasteiger charge is -2.10. The lowest BCUT2D eigenvalue weighted by molar-refractivity contribution is 0.534. The zero-order valence-corrected chi connectivity index (χ0v) is 12.1. The van der Waals surface area contributed by atoms with E-state index >= 15 is 0 Å². The normalized spacial score (nSPS) is 11.6. The number of hydrogen-bond donors (Lipinski definition) is 3. The van der Waals surface area contributed by atoms with Gasteiger partial charge in [0.15, 0.2) is 5.82 Å². The minimum atomic E-state index is -3.74. The van der Waals surface area contributed by atoms with E-state index in [1.807, 2.05) is 13.8 Å². The molecule has 0 aliphatic heterocycles. The second-order valence-corrected chi connectivity index (χ2v) is 6.17. The highest BCUT2D eigenvalue weighted by atomic mass is 32.2. The highest BCUT2D eigenvalue weighted by Gasteiger charge is 2.19. The summed E-state index contributed by atoms with van der Waals surface area (Å²) >= 11 is 0. The number of nitrogen functional groups attached to an aromatic ring is 1.